The summed E-state index contributed by atoms with van der Waals surface area (Å²) in [7, 11) is -0.346. The van der Waals surface area contributed by atoms with Crippen LogP contribution in [0, 0.1) is 17.1 Å². The van der Waals surface area contributed by atoms with Gasteiger partial charge in [0, 0.05) is 162 Å². The molecule has 0 spiro atoms. The Bertz CT molecular complexity index is 4800. The molecular weight excluding hydrogens is 1410 g/mol. The molecule has 35 heteroatoms. The van der Waals surface area contributed by atoms with E-state index in [1.54, 1.807) is 114 Å². The number of carbonyl (C=O) groups excluding carboxylic acids is 3. The third-order valence-corrected chi connectivity index (χ3v) is 15.6. The number of hydrogen-bond donors (Lipinski definition) is 7. The van der Waals surface area contributed by atoms with E-state index in [0.29, 0.717) is 55.8 Å². The molecule has 11 aromatic rings. The number of halogens is 4. The first kappa shape index (κ1) is 79.5. The standard InChI is InChI=1S/C26H20FN9O.C16H18N6O2.C13H17BN2O2.C10H14ClN3O2.C5H6ClN3.ClH/c1-15(18-2-4-21(27)5-3-18)35-26(37)22-6-16(8-28)9-31-25(22)32-12-17-10-29-23(30-11-17)19-7-20-14-34-36-24(20)33-13-19;1-16(2,3)24-15(23)20-7-10-5-17-13(18-6-10)11-4-12-9-21-22-14(12)19-8-11;1-12(2)13(3,4)18-14(17-12)10-5-9-6-15-8-11(9)16-7-10;1-10(2,3)16-9(15)14-6-7-4-12-8(11)13-5-7;6-5-8-2-4(1-7)3-9-5;/h2-7,9-11,13-15H,12H2,1H3,(H,31,32)(H,35,37)(H,33,34,36);4-6,8-9H,7H2,1-3H3,(H,20,23)(H,19,21,22);5-7H,8H2,1-4H3;4-5H,6H2,1-3H3,(H,14,15);2-3H,1,7H2;1H/t15-;;;;;/m0...../s1. The highest BCUT2D eigenvalue weighted by atomic mass is 35.5. The first-order valence-corrected chi connectivity index (χ1v) is 33.1. The van der Waals surface area contributed by atoms with Crippen LogP contribution in [0.15, 0.2) is 140 Å². The largest absolute Gasteiger partial charge is 0.496 e. The summed E-state index contributed by atoms with van der Waals surface area (Å²) in [6.07, 6.45) is 23.9. The lowest BCUT2D eigenvalue weighted by molar-refractivity contribution is 0.00578. The van der Waals surface area contributed by atoms with Gasteiger partial charge in [0.25, 0.3) is 5.91 Å². The van der Waals surface area contributed by atoms with E-state index in [0.717, 1.165) is 72.1 Å². The van der Waals surface area contributed by atoms with Gasteiger partial charge in [-0.3, -0.25) is 25.0 Å². The molecular formula is C70H76BCl3FN23O7. The zero-order chi connectivity index (χ0) is 74.8. The van der Waals surface area contributed by atoms with E-state index < -0.39 is 29.3 Å². The number of nitrogens with one attached hydrogen (secondary N) is 6. The van der Waals surface area contributed by atoms with Crippen molar-refractivity contribution in [1.82, 2.24) is 96.2 Å². The van der Waals surface area contributed by atoms with Crippen molar-refractivity contribution in [2.45, 2.75) is 137 Å². The molecule has 13 rings (SSSR count). The molecule has 3 amide bonds. The van der Waals surface area contributed by atoms with Crippen molar-refractivity contribution >= 4 is 100 Å². The van der Waals surface area contributed by atoms with Crippen molar-refractivity contribution in [3.05, 3.63) is 202 Å². The summed E-state index contributed by atoms with van der Waals surface area (Å²) >= 11 is 10.9. The summed E-state index contributed by atoms with van der Waals surface area (Å²) in [6.45, 7) is 22.9. The van der Waals surface area contributed by atoms with Gasteiger partial charge in [0.15, 0.2) is 22.9 Å². The monoisotopic (exact) mass is 1490 g/mol. The SMILES string of the molecule is CC(C)(C)OC(=O)NCc1cnc(-c2cnc3[nH]ncc3c2)nc1.CC(C)(C)OC(=O)NCc1cnc(Cl)nc1.CC1(C)OB(c2cnc3c(c2)C=NC3)OC1(C)C.C[C@H](NC(=O)c1cc(C#N)cnc1NCc1cnc(-c2cnc3[nH]ncc3c2)nc1)c1ccc(F)cc1.Cl.NCc1cnc(Cl)nc1. The number of benzene rings is 1. The first-order valence-electron chi connectivity index (χ1n) is 32.3. The van der Waals surface area contributed by atoms with Crippen molar-refractivity contribution < 1.29 is 37.6 Å². The smallest absolute Gasteiger partial charge is 0.444 e. The number of carbonyl (C=O) groups is 3. The number of amides is 3. The van der Waals surface area contributed by atoms with Gasteiger partial charge in [0.05, 0.1) is 53.0 Å². The minimum Gasteiger partial charge on any atom is -0.444 e. The Hall–Kier alpha value is -11.2. The van der Waals surface area contributed by atoms with Crippen LogP contribution in [0.25, 0.3) is 44.8 Å². The molecule has 1 saturated heterocycles. The number of aromatic nitrogens is 16. The van der Waals surface area contributed by atoms with Gasteiger partial charge in [-0.2, -0.15) is 15.5 Å². The second kappa shape index (κ2) is 35.8. The maximum atomic E-state index is 13.2. The molecule has 30 nitrogen and oxygen atoms in total. The Labute approximate surface area is 620 Å². The normalized spacial score (nSPS) is 13.2. The molecule has 12 heterocycles. The van der Waals surface area contributed by atoms with Gasteiger partial charge in [0.2, 0.25) is 10.6 Å². The lowest BCUT2D eigenvalue weighted by Crippen LogP contribution is -2.41. The zero-order valence-electron chi connectivity index (χ0n) is 59.1. The van der Waals surface area contributed by atoms with Gasteiger partial charge in [-0.15, -0.1) is 12.4 Å². The number of ether oxygens (including phenoxy) is 2. The van der Waals surface area contributed by atoms with Gasteiger partial charge >= 0.3 is 19.3 Å². The highest BCUT2D eigenvalue weighted by molar-refractivity contribution is 6.62. The molecule has 105 heavy (non-hydrogen) atoms. The topological polar surface area (TPSA) is 410 Å². The van der Waals surface area contributed by atoms with E-state index in [-0.39, 0.29) is 64.3 Å². The van der Waals surface area contributed by atoms with Crippen LogP contribution in [0.4, 0.5) is 19.8 Å². The van der Waals surface area contributed by atoms with Crippen molar-refractivity contribution in [1.29, 1.82) is 5.26 Å². The quantitative estimate of drug-likeness (QED) is 0.0393. The molecule has 8 N–H and O–H groups in total. The van der Waals surface area contributed by atoms with E-state index in [1.807, 2.05) is 51.4 Å². The Morgan fingerprint density at radius 1 is 0.638 bits per heavy atom. The Morgan fingerprint density at radius 2 is 1.11 bits per heavy atom. The Morgan fingerprint density at radius 3 is 1.59 bits per heavy atom. The molecule has 10 aromatic heterocycles. The van der Waals surface area contributed by atoms with E-state index in [4.69, 9.17) is 47.7 Å². The van der Waals surface area contributed by atoms with Crippen LogP contribution in [0.2, 0.25) is 10.6 Å². The van der Waals surface area contributed by atoms with Gasteiger partial charge < -0.3 is 45.8 Å². The van der Waals surface area contributed by atoms with E-state index in [2.05, 4.69) is 140 Å². The van der Waals surface area contributed by atoms with Crippen LogP contribution in [-0.2, 0) is 51.5 Å². The number of rotatable bonds is 14. The summed E-state index contributed by atoms with van der Waals surface area (Å²) in [4.78, 5) is 90.0. The number of nitriles is 1. The number of H-pyrrole nitrogens is 2. The summed E-state index contributed by atoms with van der Waals surface area (Å²) in [5, 5.41) is 36.2. The third kappa shape index (κ3) is 23.4. The number of alkyl carbamates (subject to hydrolysis) is 2. The number of nitrogens with two attached hydrogens (primary N) is 1. The minimum absolute atomic E-state index is 0. The number of aromatic amines is 2. The van der Waals surface area contributed by atoms with Gasteiger partial charge in [-0.1, -0.05) is 18.2 Å². The van der Waals surface area contributed by atoms with Crippen LogP contribution in [-0.4, -0.2) is 134 Å². The average molecular weight is 1490 g/mol. The fourth-order valence-electron chi connectivity index (χ4n) is 9.20. The number of aliphatic imine (C=N–C) groups is 1. The lowest BCUT2D eigenvalue weighted by Gasteiger charge is -2.32. The van der Waals surface area contributed by atoms with Gasteiger partial charge in [0.1, 0.15) is 28.9 Å². The molecule has 2 aliphatic rings. The van der Waals surface area contributed by atoms with Crippen molar-refractivity contribution in [3.8, 4) is 28.8 Å². The van der Waals surface area contributed by atoms with E-state index >= 15 is 0 Å². The predicted octanol–water partition coefficient (Wildman–Crippen LogP) is 10.8. The third-order valence-electron chi connectivity index (χ3n) is 15.2. The highest BCUT2D eigenvalue weighted by Crippen LogP contribution is 2.37. The number of anilines is 1. The zero-order valence-corrected chi connectivity index (χ0v) is 61.4. The van der Waals surface area contributed by atoms with Crippen LogP contribution < -0.4 is 32.5 Å². The van der Waals surface area contributed by atoms with Crippen molar-refractivity contribution in [2.24, 2.45) is 10.7 Å². The molecule has 0 saturated carbocycles. The maximum absolute atomic E-state index is 13.2. The number of nitrogens with zero attached hydrogens (tertiary/aromatic N) is 16. The average Bonchev–Trinajstić information content (AvgIpc) is 1.62. The predicted molar refractivity (Wildman–Crippen MR) is 395 cm³/mol. The second-order valence-electron chi connectivity index (χ2n) is 26.2. The summed E-state index contributed by atoms with van der Waals surface area (Å²) in [6, 6.07) is 14.8. The van der Waals surface area contributed by atoms with Crippen LogP contribution in [0.1, 0.15) is 137 Å². The molecule has 0 radical (unpaired) electrons. The maximum Gasteiger partial charge on any atom is 0.496 e. The molecule has 1 aromatic carbocycles. The van der Waals surface area contributed by atoms with Crippen LogP contribution in [0.5, 0.6) is 0 Å². The molecule has 1 atom stereocenters. The van der Waals surface area contributed by atoms with Gasteiger partial charge in [-0.05, 0) is 135 Å². The van der Waals surface area contributed by atoms with Gasteiger partial charge in [-0.25, -0.2) is 68.8 Å². The molecule has 1 fully saturated rings. The fourth-order valence-corrected chi connectivity index (χ4v) is 9.40. The number of fused-ring (bicyclic) bond motifs is 3. The van der Waals surface area contributed by atoms with E-state index in [9.17, 15) is 24.0 Å². The van der Waals surface area contributed by atoms with Crippen molar-refractivity contribution in [2.75, 3.05) is 5.32 Å². The first-order chi connectivity index (χ1) is 49.5. The Kier molecular flexibility index (Phi) is 27.1. The summed E-state index contributed by atoms with van der Waals surface area (Å²) < 4.78 is 35.5. The molecule has 2 aliphatic heterocycles. The van der Waals surface area contributed by atoms with Crippen LogP contribution >= 0.6 is 35.6 Å². The summed E-state index contributed by atoms with van der Waals surface area (Å²) in [5.74, 6) is 0.615. The molecule has 0 aliphatic carbocycles. The number of pyridine rings is 4. The van der Waals surface area contributed by atoms with Crippen molar-refractivity contribution in [3.63, 3.8) is 0 Å². The van der Waals surface area contributed by atoms with Crippen LogP contribution in [0.3, 0.4) is 0 Å². The second-order valence-corrected chi connectivity index (χ2v) is 26.9. The molecule has 0 unspecified atom stereocenters. The minimum atomic E-state index is -0.525. The lowest BCUT2D eigenvalue weighted by atomic mass is 9.79. The molecule has 0 bridgehead atoms. The fraction of sp³-hybridized carbons (Fsp3) is 0.300. The molecule has 544 valence electrons. The van der Waals surface area contributed by atoms with E-state index in [1.165, 1.54) is 24.4 Å². The summed E-state index contributed by atoms with van der Waals surface area (Å²) in [5.41, 5.74) is 14.0. The number of hydrogen-bond acceptors (Lipinski definition) is 25. The Balaban J connectivity index is 0.000000178. The highest BCUT2D eigenvalue weighted by Gasteiger charge is 2.52.